The van der Waals surface area contributed by atoms with Crippen molar-refractivity contribution >= 4 is 12.2 Å². The predicted octanol–water partition coefficient (Wildman–Crippen LogP) is 2.36. The zero-order valence-corrected chi connectivity index (χ0v) is 13.2. The Morgan fingerprint density at radius 2 is 2.05 bits per heavy atom. The van der Waals surface area contributed by atoms with Crippen LogP contribution in [0.15, 0.2) is 30.3 Å². The van der Waals surface area contributed by atoms with E-state index in [0.29, 0.717) is 6.42 Å². The number of carbonyl (C=O) groups excluding carboxylic acids is 2. The standard InChI is InChI=1S/C17H23NO4/c1-12(13-7-5-4-6-8-13)18-16(20)10-14-9-15(11-19)22-17(2,3)21-14/h4-8,11-12,14-15H,9-10H2,1-3H3,(H,18,20)/t12?,14-,15+/m1/s1. The number of amides is 1. The van der Waals surface area contributed by atoms with E-state index in [4.69, 9.17) is 9.47 Å². The van der Waals surface area contributed by atoms with E-state index in [9.17, 15) is 9.59 Å². The van der Waals surface area contributed by atoms with Crippen molar-refractivity contribution in [2.75, 3.05) is 0 Å². The van der Waals surface area contributed by atoms with Crippen LogP contribution >= 0.6 is 0 Å². The highest BCUT2D eigenvalue weighted by molar-refractivity contribution is 5.77. The van der Waals surface area contributed by atoms with Gasteiger partial charge in [-0.3, -0.25) is 4.79 Å². The molecule has 3 atom stereocenters. The average molecular weight is 305 g/mol. The third-order valence-electron chi connectivity index (χ3n) is 3.62. The molecule has 0 spiro atoms. The van der Waals surface area contributed by atoms with Crippen molar-refractivity contribution in [3.05, 3.63) is 35.9 Å². The summed E-state index contributed by atoms with van der Waals surface area (Å²) in [5.74, 6) is -0.941. The summed E-state index contributed by atoms with van der Waals surface area (Å²) in [7, 11) is 0. The maximum Gasteiger partial charge on any atom is 0.223 e. The molecule has 1 aliphatic rings. The topological polar surface area (TPSA) is 64.6 Å². The van der Waals surface area contributed by atoms with Crippen LogP contribution in [0.3, 0.4) is 0 Å². The second kappa shape index (κ2) is 7.03. The Labute approximate surface area is 131 Å². The molecule has 0 saturated carbocycles. The molecule has 1 N–H and O–H groups in total. The molecule has 1 heterocycles. The van der Waals surface area contributed by atoms with E-state index in [1.54, 1.807) is 13.8 Å². The summed E-state index contributed by atoms with van der Waals surface area (Å²) in [5, 5.41) is 2.96. The number of hydrogen-bond acceptors (Lipinski definition) is 4. The Morgan fingerprint density at radius 3 is 2.68 bits per heavy atom. The third kappa shape index (κ3) is 4.64. The quantitative estimate of drug-likeness (QED) is 0.848. The van der Waals surface area contributed by atoms with Crippen LogP contribution in [-0.4, -0.2) is 30.2 Å². The van der Waals surface area contributed by atoms with Crippen LogP contribution < -0.4 is 5.32 Å². The first-order chi connectivity index (χ1) is 10.4. The van der Waals surface area contributed by atoms with Crippen molar-refractivity contribution < 1.29 is 19.1 Å². The molecule has 0 aliphatic carbocycles. The molecule has 0 aromatic heterocycles. The summed E-state index contributed by atoms with van der Waals surface area (Å²) in [6, 6.07) is 9.70. The monoisotopic (exact) mass is 305 g/mol. The van der Waals surface area contributed by atoms with Gasteiger partial charge in [-0.2, -0.15) is 0 Å². The Kier molecular flexibility index (Phi) is 5.32. The molecule has 2 rings (SSSR count). The molecule has 1 aliphatic heterocycles. The number of aldehydes is 1. The first kappa shape index (κ1) is 16.6. The molecule has 120 valence electrons. The number of nitrogens with one attached hydrogen (secondary N) is 1. The molecule has 1 fully saturated rings. The van der Waals surface area contributed by atoms with Gasteiger partial charge in [0.15, 0.2) is 5.79 Å². The summed E-state index contributed by atoms with van der Waals surface area (Å²) in [6.07, 6.45) is 0.547. The fraction of sp³-hybridized carbons (Fsp3) is 0.529. The highest BCUT2D eigenvalue weighted by Crippen LogP contribution is 2.27. The van der Waals surface area contributed by atoms with Gasteiger partial charge in [0.1, 0.15) is 12.4 Å². The van der Waals surface area contributed by atoms with E-state index in [1.165, 1.54) is 0 Å². The molecular weight excluding hydrogens is 282 g/mol. The normalized spacial score (nSPS) is 25.2. The minimum atomic E-state index is -0.847. The van der Waals surface area contributed by atoms with Crippen LogP contribution in [0, 0.1) is 0 Å². The van der Waals surface area contributed by atoms with E-state index in [2.05, 4.69) is 5.32 Å². The lowest BCUT2D eigenvalue weighted by molar-refractivity contribution is -0.290. The molecule has 0 bridgehead atoms. The molecule has 5 heteroatoms. The summed E-state index contributed by atoms with van der Waals surface area (Å²) >= 11 is 0. The Morgan fingerprint density at radius 1 is 1.36 bits per heavy atom. The van der Waals surface area contributed by atoms with Gasteiger partial charge in [0.2, 0.25) is 5.91 Å². The molecule has 1 amide bonds. The molecule has 1 aromatic carbocycles. The van der Waals surface area contributed by atoms with Gasteiger partial charge in [0.05, 0.1) is 18.6 Å². The second-order valence-corrected chi connectivity index (χ2v) is 6.07. The molecule has 1 aromatic rings. The van der Waals surface area contributed by atoms with Gasteiger partial charge in [-0.15, -0.1) is 0 Å². The van der Waals surface area contributed by atoms with Crippen molar-refractivity contribution in [2.45, 2.75) is 57.6 Å². The van der Waals surface area contributed by atoms with Crippen molar-refractivity contribution in [3.63, 3.8) is 0 Å². The summed E-state index contributed by atoms with van der Waals surface area (Å²) in [5.41, 5.74) is 1.05. The minimum Gasteiger partial charge on any atom is -0.350 e. The molecular formula is C17H23NO4. The van der Waals surface area contributed by atoms with E-state index in [1.807, 2.05) is 37.3 Å². The number of benzene rings is 1. The summed E-state index contributed by atoms with van der Waals surface area (Å²) in [6.45, 7) is 5.44. The predicted molar refractivity (Wildman–Crippen MR) is 82.1 cm³/mol. The maximum absolute atomic E-state index is 12.2. The van der Waals surface area contributed by atoms with Crippen molar-refractivity contribution in [1.29, 1.82) is 0 Å². The lowest BCUT2D eigenvalue weighted by atomic mass is 10.0. The van der Waals surface area contributed by atoms with Crippen LogP contribution in [0.25, 0.3) is 0 Å². The van der Waals surface area contributed by atoms with Gasteiger partial charge in [0.25, 0.3) is 0 Å². The summed E-state index contributed by atoms with van der Waals surface area (Å²) < 4.78 is 11.2. The van der Waals surface area contributed by atoms with Gasteiger partial charge < -0.3 is 19.6 Å². The van der Waals surface area contributed by atoms with Crippen LogP contribution in [0.2, 0.25) is 0 Å². The fourth-order valence-electron chi connectivity index (χ4n) is 2.69. The Balaban J connectivity index is 1.90. The lowest BCUT2D eigenvalue weighted by Crippen LogP contribution is -2.46. The van der Waals surface area contributed by atoms with E-state index >= 15 is 0 Å². The van der Waals surface area contributed by atoms with Gasteiger partial charge in [-0.1, -0.05) is 30.3 Å². The van der Waals surface area contributed by atoms with Gasteiger partial charge >= 0.3 is 0 Å². The SMILES string of the molecule is CC(NC(=O)C[C@H]1C[C@@H](C=O)OC(C)(C)O1)c1ccccc1. The molecule has 5 nitrogen and oxygen atoms in total. The number of ether oxygens (including phenoxy) is 2. The smallest absolute Gasteiger partial charge is 0.223 e. The molecule has 22 heavy (non-hydrogen) atoms. The van der Waals surface area contributed by atoms with Crippen LogP contribution in [0.5, 0.6) is 0 Å². The first-order valence-corrected chi connectivity index (χ1v) is 7.55. The highest BCUT2D eigenvalue weighted by atomic mass is 16.7. The summed E-state index contributed by atoms with van der Waals surface area (Å²) in [4.78, 5) is 23.1. The number of carbonyl (C=O) groups is 2. The first-order valence-electron chi connectivity index (χ1n) is 7.55. The number of rotatable bonds is 5. The fourth-order valence-corrected chi connectivity index (χ4v) is 2.69. The van der Waals surface area contributed by atoms with Crippen LogP contribution in [0.4, 0.5) is 0 Å². The minimum absolute atomic E-state index is 0.0663. The zero-order chi connectivity index (χ0) is 16.2. The largest absolute Gasteiger partial charge is 0.350 e. The van der Waals surface area contributed by atoms with Gasteiger partial charge in [-0.05, 0) is 26.3 Å². The maximum atomic E-state index is 12.2. The van der Waals surface area contributed by atoms with Crippen LogP contribution in [0.1, 0.15) is 45.2 Å². The van der Waals surface area contributed by atoms with E-state index < -0.39 is 11.9 Å². The highest BCUT2D eigenvalue weighted by Gasteiger charge is 2.36. The van der Waals surface area contributed by atoms with E-state index in [0.717, 1.165) is 11.8 Å². The Bertz CT molecular complexity index is 515. The van der Waals surface area contributed by atoms with E-state index in [-0.39, 0.29) is 24.5 Å². The lowest BCUT2D eigenvalue weighted by Gasteiger charge is -2.38. The second-order valence-electron chi connectivity index (χ2n) is 6.07. The third-order valence-corrected chi connectivity index (χ3v) is 3.62. The van der Waals surface area contributed by atoms with Gasteiger partial charge in [0, 0.05) is 6.42 Å². The van der Waals surface area contributed by atoms with Crippen LogP contribution in [-0.2, 0) is 19.1 Å². The molecule has 0 radical (unpaired) electrons. The van der Waals surface area contributed by atoms with Crippen molar-refractivity contribution in [3.8, 4) is 0 Å². The molecule has 1 saturated heterocycles. The zero-order valence-electron chi connectivity index (χ0n) is 13.2. The van der Waals surface area contributed by atoms with Crippen molar-refractivity contribution in [1.82, 2.24) is 5.32 Å². The van der Waals surface area contributed by atoms with Crippen molar-refractivity contribution in [2.24, 2.45) is 0 Å². The average Bonchev–Trinajstić information content (AvgIpc) is 2.46. The molecule has 1 unspecified atom stereocenters. The van der Waals surface area contributed by atoms with Gasteiger partial charge in [-0.25, -0.2) is 0 Å². The Hall–Kier alpha value is -1.72. The number of hydrogen-bond donors (Lipinski definition) is 1.